The molecular formula is C15H15Br2N3OS. The molecule has 3 atom stereocenters. The molecule has 0 amide bonds. The second-order valence-corrected chi connectivity index (χ2v) is 7.73. The minimum absolute atomic E-state index is 0.144. The highest BCUT2D eigenvalue weighted by atomic mass is 79.9. The first-order valence-electron chi connectivity index (χ1n) is 6.99. The molecular weight excluding hydrogens is 430 g/mol. The number of hydrogen-bond donors (Lipinski definition) is 3. The molecule has 116 valence electrons. The third-order valence-corrected chi connectivity index (χ3v) is 5.29. The van der Waals surface area contributed by atoms with Crippen LogP contribution in [0.3, 0.4) is 0 Å². The number of nitrogens with one attached hydrogen (secondary N) is 2. The fourth-order valence-electron chi connectivity index (χ4n) is 2.99. The van der Waals surface area contributed by atoms with Crippen molar-refractivity contribution < 1.29 is 5.11 Å². The summed E-state index contributed by atoms with van der Waals surface area (Å²) in [6, 6.07) is 3.95. The maximum Gasteiger partial charge on any atom is 0.187 e. The van der Waals surface area contributed by atoms with Crippen molar-refractivity contribution in [1.82, 2.24) is 10.7 Å². The van der Waals surface area contributed by atoms with Crippen LogP contribution < -0.4 is 10.7 Å². The quantitative estimate of drug-likeness (QED) is 0.288. The van der Waals surface area contributed by atoms with Crippen molar-refractivity contribution in [3.63, 3.8) is 0 Å². The summed E-state index contributed by atoms with van der Waals surface area (Å²) < 4.78 is 1.46. The number of fused-ring (bicyclic) bond motifs is 2. The van der Waals surface area contributed by atoms with Gasteiger partial charge in [-0.1, -0.05) is 28.1 Å². The number of thiocarbonyl (C=S) groups is 1. The van der Waals surface area contributed by atoms with Crippen molar-refractivity contribution in [1.29, 1.82) is 0 Å². The molecule has 1 aromatic carbocycles. The van der Waals surface area contributed by atoms with E-state index in [1.54, 1.807) is 18.3 Å². The standard InChI is InChI=1S/C15H15Br2N3OS/c16-11-5-10(14(21)12(17)6-11)7-18-20-15(22)19-13-4-8-1-2-9(13)3-8/h1-2,5-9,13,21H,3-4H2,(H2,19,20,22)/b18-7+. The van der Waals surface area contributed by atoms with Gasteiger partial charge in [-0.3, -0.25) is 5.43 Å². The zero-order valence-electron chi connectivity index (χ0n) is 11.6. The molecule has 1 saturated carbocycles. The number of benzene rings is 1. The lowest BCUT2D eigenvalue weighted by molar-refractivity contribution is 0.471. The summed E-state index contributed by atoms with van der Waals surface area (Å²) in [7, 11) is 0. The van der Waals surface area contributed by atoms with Crippen molar-refractivity contribution in [3.8, 4) is 5.75 Å². The Morgan fingerprint density at radius 2 is 2.14 bits per heavy atom. The van der Waals surface area contributed by atoms with Gasteiger partial charge in [0.05, 0.1) is 10.7 Å². The van der Waals surface area contributed by atoms with Gasteiger partial charge in [0.1, 0.15) is 5.75 Å². The normalized spacial score (nSPS) is 25.8. The second kappa shape index (κ2) is 6.68. The molecule has 0 saturated heterocycles. The Morgan fingerprint density at radius 1 is 1.32 bits per heavy atom. The number of halogens is 2. The number of phenols is 1. The Kier molecular flexibility index (Phi) is 4.84. The van der Waals surface area contributed by atoms with Crippen molar-refractivity contribution in [2.75, 3.05) is 0 Å². The highest BCUT2D eigenvalue weighted by Gasteiger charge is 2.35. The molecule has 3 N–H and O–H groups in total. The highest BCUT2D eigenvalue weighted by molar-refractivity contribution is 9.11. The molecule has 0 aliphatic heterocycles. The summed E-state index contributed by atoms with van der Waals surface area (Å²) >= 11 is 11.9. The minimum atomic E-state index is 0.144. The number of hydrazone groups is 1. The summed E-state index contributed by atoms with van der Waals surface area (Å²) in [6.07, 6.45) is 8.47. The number of rotatable bonds is 3. The molecule has 0 spiro atoms. The Hall–Kier alpha value is -0.920. The van der Waals surface area contributed by atoms with E-state index in [1.165, 1.54) is 6.42 Å². The molecule has 2 aliphatic carbocycles. The molecule has 7 heteroatoms. The molecule has 1 aromatic rings. The average Bonchev–Trinajstić information content (AvgIpc) is 3.06. The first kappa shape index (κ1) is 16.0. The van der Waals surface area contributed by atoms with Crippen LogP contribution in [0.15, 0.2) is 38.3 Å². The van der Waals surface area contributed by atoms with Gasteiger partial charge in [-0.25, -0.2) is 0 Å². The van der Waals surface area contributed by atoms with Crippen molar-refractivity contribution in [2.45, 2.75) is 18.9 Å². The van der Waals surface area contributed by atoms with Gasteiger partial charge in [0, 0.05) is 16.1 Å². The maximum atomic E-state index is 9.95. The van der Waals surface area contributed by atoms with Gasteiger partial charge in [0.15, 0.2) is 5.11 Å². The smallest absolute Gasteiger partial charge is 0.187 e. The molecule has 3 rings (SSSR count). The largest absolute Gasteiger partial charge is 0.506 e. The van der Waals surface area contributed by atoms with Gasteiger partial charge in [0.25, 0.3) is 0 Å². The van der Waals surface area contributed by atoms with Crippen LogP contribution in [0.4, 0.5) is 0 Å². The van der Waals surface area contributed by atoms with Gasteiger partial charge >= 0.3 is 0 Å². The molecule has 4 nitrogen and oxygen atoms in total. The third-order valence-electron chi connectivity index (χ3n) is 4.02. The molecule has 0 radical (unpaired) electrons. The third kappa shape index (κ3) is 3.52. The number of phenolic OH excluding ortho intramolecular Hbond substituents is 1. The lowest BCUT2D eigenvalue weighted by Crippen LogP contribution is -2.42. The van der Waals surface area contributed by atoms with E-state index in [1.807, 2.05) is 0 Å². The lowest BCUT2D eigenvalue weighted by atomic mass is 10.0. The van der Waals surface area contributed by atoms with Crippen LogP contribution in [0.5, 0.6) is 5.75 Å². The fraction of sp³-hybridized carbons (Fsp3) is 0.333. The lowest BCUT2D eigenvalue weighted by Gasteiger charge is -2.20. The average molecular weight is 445 g/mol. The number of aromatic hydroxyl groups is 1. The van der Waals surface area contributed by atoms with E-state index in [0.717, 1.165) is 10.9 Å². The SMILES string of the molecule is Oc1c(Br)cc(Br)cc1/C=N/NC(=S)NC1CC2C=CC1C2. The molecule has 0 aromatic heterocycles. The van der Waals surface area contributed by atoms with Crippen LogP contribution in [-0.2, 0) is 0 Å². The van der Waals surface area contributed by atoms with Gasteiger partial charge < -0.3 is 10.4 Å². The summed E-state index contributed by atoms with van der Waals surface area (Å²) in [5.74, 6) is 1.43. The van der Waals surface area contributed by atoms with E-state index in [2.05, 4.69) is 59.9 Å². The first-order chi connectivity index (χ1) is 10.5. The molecule has 2 aliphatic rings. The van der Waals surface area contributed by atoms with Gasteiger partial charge in [-0.05, 0) is 65.0 Å². The Balaban J connectivity index is 1.56. The van der Waals surface area contributed by atoms with Crippen LogP contribution in [0.25, 0.3) is 0 Å². The topological polar surface area (TPSA) is 56.7 Å². The Morgan fingerprint density at radius 3 is 2.82 bits per heavy atom. The zero-order valence-corrected chi connectivity index (χ0v) is 15.6. The van der Waals surface area contributed by atoms with Crippen LogP contribution in [-0.4, -0.2) is 22.5 Å². The minimum Gasteiger partial charge on any atom is -0.506 e. The van der Waals surface area contributed by atoms with Crippen LogP contribution in [0.1, 0.15) is 18.4 Å². The van der Waals surface area contributed by atoms with Crippen LogP contribution in [0.2, 0.25) is 0 Å². The van der Waals surface area contributed by atoms with E-state index in [9.17, 15) is 5.11 Å². The van der Waals surface area contributed by atoms with Crippen LogP contribution in [0, 0.1) is 11.8 Å². The first-order valence-corrected chi connectivity index (χ1v) is 8.98. The number of allylic oxidation sites excluding steroid dienone is 1. The number of nitrogens with zero attached hydrogens (tertiary/aromatic N) is 1. The monoisotopic (exact) mass is 443 g/mol. The zero-order chi connectivity index (χ0) is 15.7. The van der Waals surface area contributed by atoms with E-state index < -0.39 is 0 Å². The number of hydrogen-bond acceptors (Lipinski definition) is 3. The summed E-state index contributed by atoms with van der Waals surface area (Å²) in [5, 5.41) is 17.9. The van der Waals surface area contributed by atoms with E-state index in [4.69, 9.17) is 12.2 Å². The van der Waals surface area contributed by atoms with E-state index >= 15 is 0 Å². The summed E-state index contributed by atoms with van der Waals surface area (Å²) in [6.45, 7) is 0. The van der Waals surface area contributed by atoms with Crippen molar-refractivity contribution >= 4 is 55.4 Å². The molecule has 1 fully saturated rings. The second-order valence-electron chi connectivity index (χ2n) is 5.56. The van der Waals surface area contributed by atoms with E-state index in [0.29, 0.717) is 33.0 Å². The molecule has 2 bridgehead atoms. The molecule has 22 heavy (non-hydrogen) atoms. The Bertz CT molecular complexity index is 662. The molecule has 3 unspecified atom stereocenters. The van der Waals surface area contributed by atoms with Gasteiger partial charge in [0.2, 0.25) is 0 Å². The van der Waals surface area contributed by atoms with Crippen LogP contribution >= 0.6 is 44.1 Å². The Labute approximate surface area is 151 Å². The molecule has 0 heterocycles. The predicted molar refractivity (Wildman–Crippen MR) is 99.1 cm³/mol. The van der Waals surface area contributed by atoms with Gasteiger partial charge in [-0.15, -0.1) is 0 Å². The highest BCUT2D eigenvalue weighted by Crippen LogP contribution is 2.38. The predicted octanol–water partition coefficient (Wildman–Crippen LogP) is 3.68. The van der Waals surface area contributed by atoms with Crippen molar-refractivity contribution in [2.24, 2.45) is 16.9 Å². The van der Waals surface area contributed by atoms with Gasteiger partial charge in [-0.2, -0.15) is 5.10 Å². The van der Waals surface area contributed by atoms with E-state index in [-0.39, 0.29) is 5.75 Å². The van der Waals surface area contributed by atoms with Crippen molar-refractivity contribution in [3.05, 3.63) is 38.8 Å². The summed E-state index contributed by atoms with van der Waals surface area (Å²) in [5.41, 5.74) is 3.40. The maximum absolute atomic E-state index is 9.95. The summed E-state index contributed by atoms with van der Waals surface area (Å²) in [4.78, 5) is 0. The fourth-order valence-corrected chi connectivity index (χ4v) is 4.45.